The summed E-state index contributed by atoms with van der Waals surface area (Å²) < 4.78 is 101. The largest absolute Gasteiger partial charge is 0.461 e. The summed E-state index contributed by atoms with van der Waals surface area (Å²) in [5, 5.41) is 29.9. The molecule has 1 amide bonds. The molecule has 4 aliphatic heterocycles. The number of nitrogens with one attached hydrogen (secondary N) is 2. The van der Waals surface area contributed by atoms with E-state index in [0.717, 1.165) is 6.54 Å². The number of ether oxygens (including phenoxy) is 11. The Kier molecular flexibility index (Phi) is 28.1. The van der Waals surface area contributed by atoms with Gasteiger partial charge in [-0.05, 0) is 91.2 Å². The average Bonchev–Trinajstić information content (AvgIpc) is 0.859. The minimum absolute atomic E-state index is 0.0130. The summed E-state index contributed by atoms with van der Waals surface area (Å²) in [6.45, 7) is 33.7. The van der Waals surface area contributed by atoms with Gasteiger partial charge in [-0.3, -0.25) is 19.3 Å². The zero-order valence-electron chi connectivity index (χ0n) is 57.3. The first-order valence-electron chi connectivity index (χ1n) is 32.0. The van der Waals surface area contributed by atoms with Crippen molar-refractivity contribution in [1.29, 1.82) is 0 Å². The zero-order chi connectivity index (χ0) is 67.5. The highest BCUT2D eigenvalue weighted by Gasteiger charge is 2.53. The molecule has 1 unspecified atom stereocenters. The molecule has 90 heavy (non-hydrogen) atoms. The molecule has 24 nitrogen and oxygen atoms in total. The van der Waals surface area contributed by atoms with E-state index >= 15 is 9.59 Å². The van der Waals surface area contributed by atoms with Gasteiger partial charge in [-0.1, -0.05) is 92.6 Å². The van der Waals surface area contributed by atoms with Gasteiger partial charge in [0.2, 0.25) is 10.0 Å². The second-order valence-electron chi connectivity index (χ2n) is 28.4. The number of methoxy groups -OCH3 is 2. The third kappa shape index (κ3) is 20.8. The molecule has 4 saturated heterocycles. The first-order valence-corrected chi connectivity index (χ1v) is 33.5. The second-order valence-corrected chi connectivity index (χ2v) is 30.1. The van der Waals surface area contributed by atoms with Crippen molar-refractivity contribution in [2.75, 3.05) is 47.6 Å². The Hall–Kier alpha value is -3.96. The summed E-state index contributed by atoms with van der Waals surface area (Å²) in [6.07, 6.45) is -14.8. The standard InChI is InChI=1S/C65H110N4O20S/c1-35(2)27-48(70)85-54-42(9)53(37(4)32-81-61-57(79-20)56(78-19)50(71)45(12)84-61)87-59(74)44(11)55(86-49-28-38(5)69(31-40(7)82-49)34-63(13,14)15)41(8)52(88-60-51(72)47(68-80-21)29-39(6)83-60)36(3)30-65(18,58(73)43(54)10)89-62(75)67-64(16,17)33-66-90(76,77)46-25-23-22-24-26-46/h22-26,35-45,49-57,60-61,66,71-72H,27-34H2,1-21H3,(H,67,75)/t36-,37?,38+,39+,40-,41+,42-,43+,44+,45+,49-,50+,51+,52-,53+,54+,55-,56+,57+,60-,61+,65-/m0/s1. The quantitative estimate of drug-likeness (QED) is 0.0538. The number of carbonyl (C=O) groups excluding carboxylic acids is 4. The third-order valence-electron chi connectivity index (χ3n) is 17.6. The van der Waals surface area contributed by atoms with E-state index in [1.54, 1.807) is 80.5 Å². The first kappa shape index (κ1) is 76.7. The van der Waals surface area contributed by atoms with Crippen molar-refractivity contribution in [3.63, 3.8) is 0 Å². The summed E-state index contributed by atoms with van der Waals surface area (Å²) in [5.74, 6) is -8.14. The molecule has 0 saturated carbocycles. The van der Waals surface area contributed by atoms with E-state index in [-0.39, 0.29) is 66.5 Å². The number of alkyl carbamates (subject to hydrolysis) is 1. The molecule has 0 radical (unpaired) electrons. The van der Waals surface area contributed by atoms with Crippen molar-refractivity contribution in [1.82, 2.24) is 14.9 Å². The van der Waals surface area contributed by atoms with Gasteiger partial charge < -0.3 is 72.5 Å². The molecular weight excluding hydrogens is 1190 g/mol. The maximum absolute atomic E-state index is 16.1. The van der Waals surface area contributed by atoms with E-state index in [1.165, 1.54) is 40.4 Å². The number of amides is 1. The fraction of sp³-hybridized carbons (Fsp3) is 0.831. The van der Waals surface area contributed by atoms with Crippen molar-refractivity contribution in [3.05, 3.63) is 30.3 Å². The predicted molar refractivity (Wildman–Crippen MR) is 334 cm³/mol. The van der Waals surface area contributed by atoms with Gasteiger partial charge >= 0.3 is 18.0 Å². The number of oxime groups is 1. The van der Waals surface area contributed by atoms with Gasteiger partial charge in [0.25, 0.3) is 0 Å². The summed E-state index contributed by atoms with van der Waals surface area (Å²) in [7, 11) is 0.209. The summed E-state index contributed by atoms with van der Waals surface area (Å²) in [6, 6.07) is 7.70. The van der Waals surface area contributed by atoms with Crippen LogP contribution < -0.4 is 10.0 Å². The number of hydrogen-bond donors (Lipinski definition) is 4. The molecule has 0 aliphatic carbocycles. The minimum atomic E-state index is -4.04. The number of cyclic esters (lactones) is 1. The highest BCUT2D eigenvalue weighted by Crippen LogP contribution is 2.41. The number of benzene rings is 1. The lowest BCUT2D eigenvalue weighted by Crippen LogP contribution is -2.59. The highest BCUT2D eigenvalue weighted by atomic mass is 32.2. The molecule has 516 valence electrons. The lowest BCUT2D eigenvalue weighted by Gasteiger charge is -2.45. The van der Waals surface area contributed by atoms with Gasteiger partial charge in [0, 0.05) is 76.9 Å². The molecule has 5 rings (SSSR count). The summed E-state index contributed by atoms with van der Waals surface area (Å²) in [4.78, 5) is 68.2. The molecule has 0 spiro atoms. The van der Waals surface area contributed by atoms with Crippen LogP contribution in [0.5, 0.6) is 0 Å². The Balaban J connectivity index is 1.72. The van der Waals surface area contributed by atoms with Crippen LogP contribution in [-0.4, -0.2) is 204 Å². The molecular formula is C65H110N4O20S. The van der Waals surface area contributed by atoms with Crippen LogP contribution in [0.2, 0.25) is 0 Å². The van der Waals surface area contributed by atoms with E-state index < -0.39 is 160 Å². The lowest BCUT2D eigenvalue weighted by atomic mass is 9.74. The van der Waals surface area contributed by atoms with Gasteiger partial charge in [-0.2, -0.15) is 0 Å². The number of carbonyl (C=O) groups is 4. The number of aliphatic hydroxyl groups is 2. The van der Waals surface area contributed by atoms with Crippen molar-refractivity contribution < 1.29 is 94.8 Å². The Morgan fingerprint density at radius 2 is 1.46 bits per heavy atom. The van der Waals surface area contributed by atoms with Crippen LogP contribution in [0.15, 0.2) is 40.4 Å². The van der Waals surface area contributed by atoms with Gasteiger partial charge in [0.05, 0.1) is 65.1 Å². The van der Waals surface area contributed by atoms with E-state index in [9.17, 15) is 28.2 Å². The molecule has 4 fully saturated rings. The number of aliphatic hydroxyl groups excluding tert-OH is 2. The van der Waals surface area contributed by atoms with Crippen LogP contribution >= 0.6 is 0 Å². The Morgan fingerprint density at radius 1 is 0.811 bits per heavy atom. The van der Waals surface area contributed by atoms with Crippen LogP contribution in [0.4, 0.5) is 4.79 Å². The fourth-order valence-corrected chi connectivity index (χ4v) is 14.2. The molecule has 4 N–H and O–H groups in total. The summed E-state index contributed by atoms with van der Waals surface area (Å²) in [5.41, 5.74) is -3.25. The summed E-state index contributed by atoms with van der Waals surface area (Å²) >= 11 is 0. The minimum Gasteiger partial charge on any atom is -0.461 e. The lowest BCUT2D eigenvalue weighted by molar-refractivity contribution is -0.305. The molecule has 1 aromatic carbocycles. The number of sulfonamides is 1. The maximum atomic E-state index is 16.1. The molecule has 25 heteroatoms. The smallest absolute Gasteiger partial charge is 0.408 e. The molecule has 4 aliphatic rings. The van der Waals surface area contributed by atoms with E-state index in [1.807, 2.05) is 27.7 Å². The number of ketones is 1. The number of nitrogens with zero attached hydrogens (tertiary/aromatic N) is 2. The SMILES string of the molecule is CON=C1C[C@@H](C)O[C@@H](O[C@@H]2[C@@H](C)[C@H](O[C@H]3C[C@@H](C)N(CC(C)(C)C)C[C@H](C)O3)[C@@H](C)C(=O)O[C@H](C(C)CO[C@@H]3O[C@H](C)[C@@H](O)[C@@H](OC)[C@H]3OC)[C@H](C)[C@@H](OC(=O)CC(C)C)[C@@H](C)C(=O)[C@@](C)(OC(=O)NC(C)(C)CNS(=O)(=O)c3ccccc3)C[C@@H]2C)[C@@H]1O. The second kappa shape index (κ2) is 32.9. The van der Waals surface area contributed by atoms with Gasteiger partial charge in [-0.25, -0.2) is 17.9 Å². The zero-order valence-corrected chi connectivity index (χ0v) is 58.1. The van der Waals surface area contributed by atoms with Crippen LogP contribution in [0.25, 0.3) is 0 Å². The van der Waals surface area contributed by atoms with Crippen LogP contribution in [0, 0.1) is 46.8 Å². The topological polar surface area (TPSA) is 293 Å². The van der Waals surface area contributed by atoms with Crippen molar-refractivity contribution in [2.45, 2.75) is 258 Å². The van der Waals surface area contributed by atoms with Crippen LogP contribution in [0.1, 0.15) is 150 Å². The predicted octanol–water partition coefficient (Wildman–Crippen LogP) is 7.18. The van der Waals surface area contributed by atoms with Gasteiger partial charge in [0.1, 0.15) is 43.7 Å². The number of esters is 2. The van der Waals surface area contributed by atoms with E-state index in [0.29, 0.717) is 13.0 Å². The fourth-order valence-electron chi connectivity index (χ4n) is 13.0. The van der Waals surface area contributed by atoms with Crippen LogP contribution in [-0.2, 0) is 81.3 Å². The van der Waals surface area contributed by atoms with Gasteiger partial charge in [0.15, 0.2) is 30.3 Å². The van der Waals surface area contributed by atoms with Gasteiger partial charge in [-0.15, -0.1) is 0 Å². The molecule has 22 atom stereocenters. The van der Waals surface area contributed by atoms with Crippen LogP contribution in [0.3, 0.4) is 0 Å². The molecule has 4 heterocycles. The third-order valence-corrected chi connectivity index (χ3v) is 19.0. The van der Waals surface area contributed by atoms with E-state index in [2.05, 4.69) is 47.8 Å². The molecule has 0 bridgehead atoms. The number of hydrogen-bond acceptors (Lipinski definition) is 22. The normalized spacial score (nSPS) is 36.7. The first-order chi connectivity index (χ1) is 41.9. The highest BCUT2D eigenvalue weighted by molar-refractivity contribution is 7.89. The molecule has 1 aromatic rings. The Morgan fingerprint density at radius 3 is 2.06 bits per heavy atom. The monoisotopic (exact) mass is 1300 g/mol. The number of Topliss-reactive ketones (excluding diaryl/α,β-unsaturated/α-hetero) is 1. The van der Waals surface area contributed by atoms with E-state index in [4.69, 9.17) is 56.9 Å². The molecule has 0 aromatic heterocycles. The maximum Gasteiger partial charge on any atom is 0.408 e. The number of rotatable bonds is 21. The Bertz CT molecular complexity index is 2610. The van der Waals surface area contributed by atoms with Crippen molar-refractivity contribution in [2.24, 2.45) is 52.0 Å². The van der Waals surface area contributed by atoms with Crippen molar-refractivity contribution in [3.8, 4) is 0 Å². The van der Waals surface area contributed by atoms with Crippen molar-refractivity contribution >= 4 is 39.6 Å². The Labute approximate surface area is 535 Å². The average molecular weight is 1300 g/mol.